The van der Waals surface area contributed by atoms with Crippen molar-refractivity contribution in [2.45, 2.75) is 69.8 Å². The van der Waals surface area contributed by atoms with Crippen LogP contribution in [0.2, 0.25) is 4.55 Å². The molecule has 0 rings (SSSR count). The Morgan fingerprint density at radius 1 is 0.786 bits per heavy atom. The van der Waals surface area contributed by atoms with Gasteiger partial charge in [-0.3, -0.25) is 0 Å². The molecule has 0 N–H and O–H groups in total. The maximum absolute atomic E-state index is 5.68. The molecule has 0 saturated carbocycles. The van der Waals surface area contributed by atoms with E-state index < -0.39 is 0 Å². The highest BCUT2D eigenvalue weighted by Crippen LogP contribution is 2.04. The van der Waals surface area contributed by atoms with E-state index in [1.807, 2.05) is 0 Å². The standard InChI is InChI=1S/C8H17O.C4H9.Mg/c1-2-3-4-5-6-7-8-9;1-3-4-2;/h2-8H2,1H3;1,3-4H2,2H3;/q-1;;+1. The molecule has 0 amide bonds. The van der Waals surface area contributed by atoms with Gasteiger partial charge in [-0.1, -0.05) is 58.8 Å². The van der Waals surface area contributed by atoms with Crippen molar-refractivity contribution in [1.29, 1.82) is 0 Å². The lowest BCUT2D eigenvalue weighted by Gasteiger charge is -2.03. The van der Waals surface area contributed by atoms with Crippen molar-refractivity contribution < 1.29 is 3.17 Å². The van der Waals surface area contributed by atoms with Gasteiger partial charge in [-0.15, -0.1) is 4.55 Å². The average molecular weight is 211 g/mol. The first kappa shape index (κ1) is 14.7. The molecule has 14 heavy (non-hydrogen) atoms. The van der Waals surface area contributed by atoms with Crippen LogP contribution in [0.1, 0.15) is 65.2 Å². The Morgan fingerprint density at radius 2 is 1.43 bits per heavy atom. The fourth-order valence-electron chi connectivity index (χ4n) is 1.54. The maximum Gasteiger partial charge on any atom is 0.565 e. The summed E-state index contributed by atoms with van der Waals surface area (Å²) in [7, 11) is 0. The van der Waals surface area contributed by atoms with Gasteiger partial charge in [0.05, 0.1) is 0 Å². The number of rotatable bonds is 11. The van der Waals surface area contributed by atoms with Crippen LogP contribution in [0.15, 0.2) is 0 Å². The van der Waals surface area contributed by atoms with Gasteiger partial charge >= 0.3 is 20.8 Å². The predicted octanol–water partition coefficient (Wildman–Crippen LogP) is 4.20. The highest BCUT2D eigenvalue weighted by molar-refractivity contribution is 6.26. The topological polar surface area (TPSA) is 9.23 Å². The summed E-state index contributed by atoms with van der Waals surface area (Å²) in [6.45, 7) is 5.56. The summed E-state index contributed by atoms with van der Waals surface area (Å²) in [6, 6.07) is 0. The van der Waals surface area contributed by atoms with Crippen LogP contribution in [0.5, 0.6) is 0 Å². The maximum atomic E-state index is 5.68. The second-order valence-corrected chi connectivity index (χ2v) is 5.61. The van der Waals surface area contributed by atoms with E-state index in [9.17, 15) is 0 Å². The van der Waals surface area contributed by atoms with E-state index in [2.05, 4.69) is 13.8 Å². The lowest BCUT2D eigenvalue weighted by atomic mass is 10.1. The second-order valence-electron chi connectivity index (χ2n) is 4.09. The molecule has 0 heterocycles. The zero-order valence-corrected chi connectivity index (χ0v) is 11.6. The smallest absolute Gasteiger partial charge is 0.565 e. The largest absolute Gasteiger partial charge is 0.565 e. The summed E-state index contributed by atoms with van der Waals surface area (Å²) in [5, 5.41) is 0. The van der Waals surface area contributed by atoms with Crippen LogP contribution in [-0.2, 0) is 3.17 Å². The zero-order valence-electron chi connectivity index (χ0n) is 10.2. The van der Waals surface area contributed by atoms with Gasteiger partial charge in [-0.25, -0.2) is 0 Å². The molecule has 2 heteroatoms. The van der Waals surface area contributed by atoms with Crippen molar-refractivity contribution in [2.24, 2.45) is 0 Å². The molecule has 0 atom stereocenters. The molecule has 0 aliphatic rings. The Morgan fingerprint density at radius 3 is 2.14 bits per heavy atom. The monoisotopic (exact) mass is 210 g/mol. The van der Waals surface area contributed by atoms with Gasteiger partial charge in [0.15, 0.2) is 0 Å². The van der Waals surface area contributed by atoms with Crippen LogP contribution in [0.4, 0.5) is 0 Å². The highest BCUT2D eigenvalue weighted by atomic mass is 24.5. The minimum Gasteiger partial charge on any atom is -0.565 e. The normalized spacial score (nSPS) is 10.1. The number of hydrogen-bond acceptors (Lipinski definition) is 1. The van der Waals surface area contributed by atoms with E-state index in [0.29, 0.717) is 0 Å². The molecular weight excluding hydrogens is 184 g/mol. The third kappa shape index (κ3) is 12.7. The van der Waals surface area contributed by atoms with Gasteiger partial charge < -0.3 is 3.17 Å². The minimum atomic E-state index is -0.144. The third-order valence-corrected chi connectivity index (χ3v) is 3.90. The summed E-state index contributed by atoms with van der Waals surface area (Å²) in [6.07, 6.45) is 11.0. The molecule has 0 fully saturated rings. The SMILES string of the molecule is CCCCCCCC[O][Mg][CH2]CCC. The first-order chi connectivity index (χ1) is 6.91. The molecular formula is C12H26MgO. The quantitative estimate of drug-likeness (QED) is 0.367. The molecule has 0 aromatic carbocycles. The van der Waals surface area contributed by atoms with Crippen LogP contribution in [0.3, 0.4) is 0 Å². The minimum absolute atomic E-state index is 0.144. The zero-order chi connectivity index (χ0) is 10.5. The third-order valence-electron chi connectivity index (χ3n) is 2.53. The lowest BCUT2D eigenvalue weighted by molar-refractivity contribution is 0.319. The van der Waals surface area contributed by atoms with Crippen molar-refractivity contribution in [3.05, 3.63) is 0 Å². The van der Waals surface area contributed by atoms with Gasteiger partial charge in [0.2, 0.25) is 0 Å². The fourth-order valence-corrected chi connectivity index (χ4v) is 2.86. The van der Waals surface area contributed by atoms with Crippen LogP contribution in [0, 0.1) is 0 Å². The van der Waals surface area contributed by atoms with Gasteiger partial charge in [-0.05, 0) is 6.42 Å². The Labute approximate surface area is 100 Å². The molecule has 0 aliphatic carbocycles. The van der Waals surface area contributed by atoms with Gasteiger partial charge in [0.25, 0.3) is 0 Å². The molecule has 82 valence electrons. The van der Waals surface area contributed by atoms with Crippen molar-refractivity contribution in [3.63, 3.8) is 0 Å². The van der Waals surface area contributed by atoms with Crippen molar-refractivity contribution in [3.8, 4) is 0 Å². The Balaban J connectivity index is 2.78. The van der Waals surface area contributed by atoms with Crippen molar-refractivity contribution >= 4 is 20.8 Å². The van der Waals surface area contributed by atoms with E-state index in [1.165, 1.54) is 55.9 Å². The van der Waals surface area contributed by atoms with E-state index in [1.54, 1.807) is 0 Å². The molecule has 0 spiro atoms. The molecule has 0 bridgehead atoms. The molecule has 0 aromatic rings. The highest BCUT2D eigenvalue weighted by Gasteiger charge is 1.96. The van der Waals surface area contributed by atoms with E-state index in [4.69, 9.17) is 3.17 Å². The number of hydrogen-bond donors (Lipinski definition) is 0. The molecule has 1 nitrogen and oxygen atoms in total. The molecule has 0 aromatic heterocycles. The fraction of sp³-hybridized carbons (Fsp3) is 1.00. The number of unbranched alkanes of at least 4 members (excludes halogenated alkanes) is 6. The first-order valence-electron chi connectivity index (χ1n) is 6.49. The average Bonchev–Trinajstić information content (AvgIpc) is 2.21. The van der Waals surface area contributed by atoms with E-state index >= 15 is 0 Å². The van der Waals surface area contributed by atoms with Crippen LogP contribution < -0.4 is 0 Å². The Kier molecular flexibility index (Phi) is 14.4. The van der Waals surface area contributed by atoms with Crippen molar-refractivity contribution in [1.82, 2.24) is 0 Å². The molecule has 0 radical (unpaired) electrons. The lowest BCUT2D eigenvalue weighted by Crippen LogP contribution is -2.00. The van der Waals surface area contributed by atoms with E-state index in [-0.39, 0.29) is 20.8 Å². The predicted molar refractivity (Wildman–Crippen MR) is 64.8 cm³/mol. The molecule has 0 saturated heterocycles. The summed E-state index contributed by atoms with van der Waals surface area (Å²) in [4.78, 5) is 0. The summed E-state index contributed by atoms with van der Waals surface area (Å²) < 4.78 is 7.06. The van der Waals surface area contributed by atoms with E-state index in [0.717, 1.165) is 6.61 Å². The molecule has 0 aliphatic heterocycles. The Bertz CT molecular complexity index is 84.3. The van der Waals surface area contributed by atoms with Gasteiger partial charge in [0, 0.05) is 6.61 Å². The first-order valence-corrected chi connectivity index (χ1v) is 8.07. The molecule has 0 unspecified atom stereocenters. The van der Waals surface area contributed by atoms with Crippen LogP contribution in [-0.4, -0.2) is 27.4 Å². The summed E-state index contributed by atoms with van der Waals surface area (Å²) >= 11 is -0.144. The second kappa shape index (κ2) is 13.7. The van der Waals surface area contributed by atoms with Gasteiger partial charge in [0.1, 0.15) is 0 Å². The van der Waals surface area contributed by atoms with Crippen LogP contribution >= 0.6 is 0 Å². The summed E-state index contributed by atoms with van der Waals surface area (Å²) in [5.74, 6) is 0. The van der Waals surface area contributed by atoms with Gasteiger partial charge in [-0.2, -0.15) is 0 Å². The summed E-state index contributed by atoms with van der Waals surface area (Å²) in [5.41, 5.74) is 0. The van der Waals surface area contributed by atoms with Crippen LogP contribution in [0.25, 0.3) is 0 Å². The van der Waals surface area contributed by atoms with Crippen molar-refractivity contribution in [2.75, 3.05) is 6.61 Å². The Hall–Kier alpha value is 0.726.